The van der Waals surface area contributed by atoms with Crippen molar-refractivity contribution in [1.29, 1.82) is 0 Å². The highest BCUT2D eigenvalue weighted by molar-refractivity contribution is 4.94. The molecule has 1 heterocycles. The third-order valence-electron chi connectivity index (χ3n) is 3.73. The van der Waals surface area contributed by atoms with E-state index < -0.39 is 0 Å². The molecule has 1 aromatic heterocycles. The van der Waals surface area contributed by atoms with Gasteiger partial charge in [-0.15, -0.1) is 5.10 Å². The fraction of sp³-hybridized carbons (Fsp3) is 0.867. The van der Waals surface area contributed by atoms with E-state index in [0.29, 0.717) is 5.92 Å². The molecule has 1 unspecified atom stereocenters. The molecule has 0 radical (unpaired) electrons. The Morgan fingerprint density at radius 3 is 2.44 bits per heavy atom. The van der Waals surface area contributed by atoms with Crippen molar-refractivity contribution in [1.82, 2.24) is 15.0 Å². The Bertz CT molecular complexity index is 328. The lowest BCUT2D eigenvalue weighted by Crippen LogP contribution is -2.09. The van der Waals surface area contributed by atoms with E-state index >= 15 is 0 Å². The van der Waals surface area contributed by atoms with Crippen molar-refractivity contribution in [3.05, 3.63) is 11.9 Å². The molecule has 0 N–H and O–H groups in total. The number of hydrogen-bond acceptors (Lipinski definition) is 2. The Morgan fingerprint density at radius 1 is 1.11 bits per heavy atom. The van der Waals surface area contributed by atoms with Gasteiger partial charge >= 0.3 is 0 Å². The molecule has 1 aromatic rings. The molecule has 0 amide bonds. The van der Waals surface area contributed by atoms with E-state index in [1.54, 1.807) is 0 Å². The topological polar surface area (TPSA) is 30.7 Å². The first-order chi connectivity index (χ1) is 8.50. The summed E-state index contributed by atoms with van der Waals surface area (Å²) in [7, 11) is 0. The fourth-order valence-electron chi connectivity index (χ4n) is 2.10. The van der Waals surface area contributed by atoms with Gasteiger partial charge in [0.15, 0.2) is 0 Å². The first-order valence-corrected chi connectivity index (χ1v) is 7.38. The Hall–Kier alpha value is -0.860. The van der Waals surface area contributed by atoms with Crippen LogP contribution in [0, 0.1) is 17.8 Å². The van der Waals surface area contributed by atoms with Crippen LogP contribution in [-0.4, -0.2) is 15.0 Å². The number of nitrogens with zero attached hydrogens (tertiary/aromatic N) is 3. The van der Waals surface area contributed by atoms with Crippen LogP contribution in [0.5, 0.6) is 0 Å². The van der Waals surface area contributed by atoms with E-state index in [9.17, 15) is 0 Å². The van der Waals surface area contributed by atoms with Crippen LogP contribution in [0.3, 0.4) is 0 Å². The lowest BCUT2D eigenvalue weighted by Gasteiger charge is -2.15. The summed E-state index contributed by atoms with van der Waals surface area (Å²) in [4.78, 5) is 0. The predicted molar refractivity (Wildman–Crippen MR) is 76.4 cm³/mol. The maximum atomic E-state index is 4.19. The van der Waals surface area contributed by atoms with E-state index in [1.165, 1.54) is 25.0 Å². The van der Waals surface area contributed by atoms with Crippen molar-refractivity contribution >= 4 is 0 Å². The Morgan fingerprint density at radius 2 is 1.83 bits per heavy atom. The monoisotopic (exact) mass is 251 g/mol. The van der Waals surface area contributed by atoms with Gasteiger partial charge in [0.05, 0.1) is 11.9 Å². The molecule has 0 bridgehead atoms. The second kappa shape index (κ2) is 7.55. The normalized spacial score (nSPS) is 13.5. The van der Waals surface area contributed by atoms with Crippen molar-refractivity contribution in [3.8, 4) is 0 Å². The molecule has 0 aromatic carbocycles. The largest absolute Gasteiger partial charge is 0.249 e. The van der Waals surface area contributed by atoms with E-state index in [2.05, 4.69) is 49.6 Å². The molecule has 3 nitrogen and oxygen atoms in total. The van der Waals surface area contributed by atoms with Gasteiger partial charge in [-0.2, -0.15) is 0 Å². The van der Waals surface area contributed by atoms with Crippen LogP contribution >= 0.6 is 0 Å². The number of unbranched alkanes of at least 4 members (excludes halogenated alkanes) is 1. The first-order valence-electron chi connectivity index (χ1n) is 7.38. The van der Waals surface area contributed by atoms with Crippen LogP contribution in [0.1, 0.15) is 59.6 Å². The summed E-state index contributed by atoms with van der Waals surface area (Å²) in [6, 6.07) is 0. The van der Waals surface area contributed by atoms with Crippen molar-refractivity contribution in [2.24, 2.45) is 17.8 Å². The van der Waals surface area contributed by atoms with Gasteiger partial charge in [-0.1, -0.05) is 52.7 Å². The smallest absolute Gasteiger partial charge is 0.0725 e. The Labute approximate surface area is 112 Å². The molecule has 18 heavy (non-hydrogen) atoms. The number of hydrogen-bond donors (Lipinski definition) is 0. The minimum atomic E-state index is 0.670. The Balaban J connectivity index is 2.29. The first kappa shape index (κ1) is 15.2. The highest BCUT2D eigenvalue weighted by Crippen LogP contribution is 2.17. The summed E-state index contributed by atoms with van der Waals surface area (Å²) in [5, 5.41) is 8.22. The molecule has 0 fully saturated rings. The van der Waals surface area contributed by atoms with Crippen LogP contribution in [0.25, 0.3) is 0 Å². The zero-order valence-electron chi connectivity index (χ0n) is 12.7. The zero-order valence-corrected chi connectivity index (χ0v) is 12.7. The molecular formula is C15H29N3. The van der Waals surface area contributed by atoms with Crippen LogP contribution < -0.4 is 0 Å². The standard InChI is InChI=1S/C15H29N3/c1-12(2)10-15-11-16-17-18(15)9-7-6-8-14(5)13(3)4/h11-14H,6-10H2,1-5H3. The van der Waals surface area contributed by atoms with E-state index in [-0.39, 0.29) is 0 Å². The minimum absolute atomic E-state index is 0.670. The highest BCUT2D eigenvalue weighted by atomic mass is 15.4. The molecule has 0 saturated heterocycles. The molecule has 0 aliphatic rings. The summed E-state index contributed by atoms with van der Waals surface area (Å²) in [5.74, 6) is 2.30. The molecule has 104 valence electrons. The number of aromatic nitrogens is 3. The lowest BCUT2D eigenvalue weighted by molar-refractivity contribution is 0.369. The van der Waals surface area contributed by atoms with Gasteiger partial charge in [-0.05, 0) is 30.6 Å². The lowest BCUT2D eigenvalue weighted by atomic mass is 9.93. The predicted octanol–water partition coefficient (Wildman–Crippen LogP) is 3.94. The van der Waals surface area contributed by atoms with Gasteiger partial charge in [-0.3, -0.25) is 0 Å². The fourth-order valence-corrected chi connectivity index (χ4v) is 2.10. The maximum Gasteiger partial charge on any atom is 0.0725 e. The van der Waals surface area contributed by atoms with Crippen LogP contribution in [0.4, 0.5) is 0 Å². The van der Waals surface area contributed by atoms with Crippen molar-refractivity contribution in [2.75, 3.05) is 0 Å². The highest BCUT2D eigenvalue weighted by Gasteiger charge is 2.08. The minimum Gasteiger partial charge on any atom is -0.249 e. The Kier molecular flexibility index (Phi) is 6.37. The second-order valence-corrected chi connectivity index (χ2v) is 6.26. The van der Waals surface area contributed by atoms with Gasteiger partial charge in [0.25, 0.3) is 0 Å². The van der Waals surface area contributed by atoms with Crippen molar-refractivity contribution in [3.63, 3.8) is 0 Å². The SMILES string of the molecule is CC(C)Cc1cnnn1CCCCC(C)C(C)C. The molecule has 0 aliphatic heterocycles. The van der Waals surface area contributed by atoms with E-state index in [1.807, 2.05) is 6.20 Å². The van der Waals surface area contributed by atoms with Crippen LogP contribution in [0.2, 0.25) is 0 Å². The summed E-state index contributed by atoms with van der Waals surface area (Å²) in [6.45, 7) is 12.5. The van der Waals surface area contributed by atoms with Gasteiger partial charge in [0.2, 0.25) is 0 Å². The third-order valence-corrected chi connectivity index (χ3v) is 3.73. The molecule has 0 aliphatic carbocycles. The van der Waals surface area contributed by atoms with E-state index in [0.717, 1.165) is 24.8 Å². The molecule has 0 spiro atoms. The number of aryl methyl sites for hydroxylation is 1. The zero-order chi connectivity index (χ0) is 13.5. The molecule has 3 heteroatoms. The summed E-state index contributed by atoms with van der Waals surface area (Å²) in [5.41, 5.74) is 1.28. The second-order valence-electron chi connectivity index (χ2n) is 6.26. The number of rotatable bonds is 8. The quantitative estimate of drug-likeness (QED) is 0.655. The van der Waals surface area contributed by atoms with Crippen molar-refractivity contribution < 1.29 is 0 Å². The summed E-state index contributed by atoms with van der Waals surface area (Å²) in [6.07, 6.45) is 6.82. The van der Waals surface area contributed by atoms with Gasteiger partial charge < -0.3 is 0 Å². The van der Waals surface area contributed by atoms with Gasteiger partial charge in [-0.25, -0.2) is 4.68 Å². The van der Waals surface area contributed by atoms with Gasteiger partial charge in [0, 0.05) is 6.54 Å². The average Bonchev–Trinajstić information content (AvgIpc) is 2.70. The summed E-state index contributed by atoms with van der Waals surface area (Å²) < 4.78 is 2.08. The third kappa shape index (κ3) is 5.19. The summed E-state index contributed by atoms with van der Waals surface area (Å²) >= 11 is 0. The van der Waals surface area contributed by atoms with Crippen LogP contribution in [0.15, 0.2) is 6.20 Å². The molecule has 1 atom stereocenters. The average molecular weight is 251 g/mol. The maximum absolute atomic E-state index is 4.19. The van der Waals surface area contributed by atoms with Gasteiger partial charge in [0.1, 0.15) is 0 Å². The van der Waals surface area contributed by atoms with E-state index in [4.69, 9.17) is 0 Å². The van der Waals surface area contributed by atoms with Crippen LogP contribution in [-0.2, 0) is 13.0 Å². The molecule has 1 rings (SSSR count). The van der Waals surface area contributed by atoms with Crippen molar-refractivity contribution in [2.45, 2.75) is 66.8 Å². The molecule has 0 saturated carbocycles. The molecular weight excluding hydrogens is 222 g/mol.